The number of ether oxygens (including phenoxy) is 1. The van der Waals surface area contributed by atoms with Gasteiger partial charge in [-0.15, -0.1) is 21.5 Å². The van der Waals surface area contributed by atoms with Crippen LogP contribution in [0.2, 0.25) is 0 Å². The van der Waals surface area contributed by atoms with Crippen LogP contribution in [0.1, 0.15) is 24.4 Å². The van der Waals surface area contributed by atoms with Crippen molar-refractivity contribution in [2.75, 3.05) is 12.8 Å². The third-order valence-corrected chi connectivity index (χ3v) is 6.95. The fourth-order valence-corrected chi connectivity index (χ4v) is 5.19. The minimum Gasteiger partial charge on any atom is -0.497 e. The van der Waals surface area contributed by atoms with Crippen molar-refractivity contribution in [3.05, 3.63) is 48.2 Å². The first-order valence-electron chi connectivity index (χ1n) is 9.08. The van der Waals surface area contributed by atoms with Gasteiger partial charge in [0, 0.05) is 23.4 Å². The molecule has 0 amide bonds. The lowest BCUT2D eigenvalue weighted by Crippen LogP contribution is -2.00. The van der Waals surface area contributed by atoms with Gasteiger partial charge in [-0.3, -0.25) is 4.57 Å². The number of nitrogens with zero attached hydrogens (tertiary/aromatic N) is 4. The summed E-state index contributed by atoms with van der Waals surface area (Å²) in [5, 5.41) is 10.9. The van der Waals surface area contributed by atoms with Crippen LogP contribution in [0.4, 0.5) is 5.69 Å². The van der Waals surface area contributed by atoms with Crippen molar-refractivity contribution in [1.29, 1.82) is 0 Å². The van der Waals surface area contributed by atoms with Crippen LogP contribution in [0, 0.1) is 0 Å². The molecule has 0 saturated heterocycles. The van der Waals surface area contributed by atoms with Crippen LogP contribution in [0.25, 0.3) is 20.9 Å². The van der Waals surface area contributed by atoms with Gasteiger partial charge >= 0.3 is 0 Å². The van der Waals surface area contributed by atoms with Gasteiger partial charge in [0.15, 0.2) is 11.0 Å². The van der Waals surface area contributed by atoms with Crippen LogP contribution < -0.4 is 10.5 Å². The monoisotopic (exact) mass is 409 g/mol. The molecule has 0 bridgehead atoms. The molecular weight excluding hydrogens is 390 g/mol. The Bertz CT molecular complexity index is 1130. The molecule has 2 N–H and O–H groups in total. The SMILES string of the molecule is COc1ccc(CSc2nnc(-c3sc4ncccc4c3N)n2C2CC2)cc1. The van der Waals surface area contributed by atoms with Gasteiger partial charge in [-0.1, -0.05) is 23.9 Å². The molecule has 0 aliphatic heterocycles. The zero-order chi connectivity index (χ0) is 19.1. The molecule has 5 rings (SSSR count). The second-order valence-electron chi connectivity index (χ2n) is 6.75. The fourth-order valence-electron chi connectivity index (χ4n) is 3.18. The molecule has 6 nitrogen and oxygen atoms in total. The number of hydrogen-bond acceptors (Lipinski definition) is 7. The fraction of sp³-hybridized carbons (Fsp3) is 0.250. The first-order valence-corrected chi connectivity index (χ1v) is 10.9. The maximum Gasteiger partial charge on any atom is 0.192 e. The summed E-state index contributed by atoms with van der Waals surface area (Å²) in [6.07, 6.45) is 4.11. The number of thioether (sulfide) groups is 1. The van der Waals surface area contributed by atoms with E-state index in [1.54, 1.807) is 36.4 Å². The smallest absolute Gasteiger partial charge is 0.192 e. The number of thiophene rings is 1. The van der Waals surface area contributed by atoms with Gasteiger partial charge in [0.05, 0.1) is 17.7 Å². The van der Waals surface area contributed by atoms with E-state index in [1.165, 1.54) is 5.56 Å². The minimum atomic E-state index is 0.459. The molecule has 0 unspecified atom stereocenters. The van der Waals surface area contributed by atoms with Gasteiger partial charge < -0.3 is 10.5 Å². The highest BCUT2D eigenvalue weighted by molar-refractivity contribution is 7.98. The van der Waals surface area contributed by atoms with Gasteiger partial charge in [0.25, 0.3) is 0 Å². The molecule has 0 spiro atoms. The molecule has 0 atom stereocenters. The van der Waals surface area contributed by atoms with Crippen molar-refractivity contribution in [2.45, 2.75) is 29.8 Å². The molecule has 1 aliphatic rings. The molecule has 142 valence electrons. The Morgan fingerprint density at radius 3 is 2.75 bits per heavy atom. The Labute approximate surface area is 170 Å². The number of methoxy groups -OCH3 is 1. The molecule has 3 heterocycles. The van der Waals surface area contributed by atoms with Crippen molar-refractivity contribution in [1.82, 2.24) is 19.7 Å². The van der Waals surface area contributed by atoms with E-state index in [4.69, 9.17) is 10.5 Å². The second kappa shape index (κ2) is 7.10. The topological polar surface area (TPSA) is 78.8 Å². The van der Waals surface area contributed by atoms with Crippen LogP contribution in [0.5, 0.6) is 5.75 Å². The van der Waals surface area contributed by atoms with Crippen LogP contribution in [-0.4, -0.2) is 26.9 Å². The number of benzene rings is 1. The minimum absolute atomic E-state index is 0.459. The van der Waals surface area contributed by atoms with Crippen molar-refractivity contribution >= 4 is 39.0 Å². The van der Waals surface area contributed by atoms with Gasteiger partial charge in [0.2, 0.25) is 0 Å². The van der Waals surface area contributed by atoms with Crippen LogP contribution in [-0.2, 0) is 5.75 Å². The first-order chi connectivity index (χ1) is 13.7. The summed E-state index contributed by atoms with van der Waals surface area (Å²) < 4.78 is 7.49. The summed E-state index contributed by atoms with van der Waals surface area (Å²) >= 11 is 3.29. The molecule has 1 aromatic carbocycles. The summed E-state index contributed by atoms with van der Waals surface area (Å²) in [4.78, 5) is 6.34. The molecule has 28 heavy (non-hydrogen) atoms. The molecule has 4 aromatic rings. The third kappa shape index (κ3) is 3.12. The highest BCUT2D eigenvalue weighted by Crippen LogP contribution is 2.45. The van der Waals surface area contributed by atoms with Crippen molar-refractivity contribution < 1.29 is 4.74 Å². The van der Waals surface area contributed by atoms with E-state index in [1.807, 2.05) is 24.3 Å². The number of rotatable bonds is 6. The molecule has 8 heteroatoms. The predicted octanol–water partition coefficient (Wildman–Crippen LogP) is 4.77. The summed E-state index contributed by atoms with van der Waals surface area (Å²) in [7, 11) is 1.68. The van der Waals surface area contributed by atoms with Crippen LogP contribution >= 0.6 is 23.1 Å². The van der Waals surface area contributed by atoms with Gasteiger partial charge in [-0.2, -0.15) is 0 Å². The number of anilines is 1. The average Bonchev–Trinajstić information content (AvgIpc) is 3.41. The predicted molar refractivity (Wildman–Crippen MR) is 114 cm³/mol. The van der Waals surface area contributed by atoms with E-state index < -0.39 is 0 Å². The molecule has 3 aromatic heterocycles. The zero-order valence-electron chi connectivity index (χ0n) is 15.3. The Morgan fingerprint density at radius 1 is 1.21 bits per heavy atom. The standard InChI is InChI=1S/C20H19N5OS2/c1-26-14-8-4-12(5-9-14)11-27-20-24-23-18(25(20)13-6-7-13)17-16(21)15-3-2-10-22-19(15)28-17/h2-5,8-10,13H,6-7,11,21H2,1H3. The summed E-state index contributed by atoms with van der Waals surface area (Å²) in [6.45, 7) is 0. The number of hydrogen-bond donors (Lipinski definition) is 1. The Kier molecular flexibility index (Phi) is 4.44. The molecule has 0 radical (unpaired) electrons. The third-order valence-electron chi connectivity index (χ3n) is 4.81. The molecule has 1 saturated carbocycles. The normalized spacial score (nSPS) is 13.9. The Hall–Kier alpha value is -2.58. The van der Waals surface area contributed by atoms with Gasteiger partial charge in [-0.25, -0.2) is 4.98 Å². The molecular formula is C20H19N5OS2. The maximum absolute atomic E-state index is 6.43. The van der Waals surface area contributed by atoms with Crippen LogP contribution in [0.15, 0.2) is 47.8 Å². The van der Waals surface area contributed by atoms with E-state index in [2.05, 4.69) is 31.9 Å². The van der Waals surface area contributed by atoms with Gasteiger partial charge in [0.1, 0.15) is 10.6 Å². The van der Waals surface area contributed by atoms with E-state index in [-0.39, 0.29) is 0 Å². The Balaban J connectivity index is 1.47. The number of nitrogen functional groups attached to an aromatic ring is 1. The maximum atomic E-state index is 6.43. The van der Waals surface area contributed by atoms with Crippen molar-refractivity contribution in [2.24, 2.45) is 0 Å². The number of pyridine rings is 1. The second-order valence-corrected chi connectivity index (χ2v) is 8.69. The lowest BCUT2D eigenvalue weighted by atomic mass is 10.2. The van der Waals surface area contributed by atoms with Gasteiger partial charge in [-0.05, 0) is 42.7 Å². The summed E-state index contributed by atoms with van der Waals surface area (Å²) in [5.41, 5.74) is 8.40. The highest BCUT2D eigenvalue weighted by Gasteiger charge is 2.31. The first kappa shape index (κ1) is 17.5. The van der Waals surface area contributed by atoms with Crippen molar-refractivity contribution in [3.63, 3.8) is 0 Å². The number of aromatic nitrogens is 4. The largest absolute Gasteiger partial charge is 0.497 e. The van der Waals surface area contributed by atoms with E-state index >= 15 is 0 Å². The van der Waals surface area contributed by atoms with Crippen molar-refractivity contribution in [3.8, 4) is 16.5 Å². The highest BCUT2D eigenvalue weighted by atomic mass is 32.2. The quantitative estimate of drug-likeness (QED) is 0.462. The Morgan fingerprint density at radius 2 is 2.04 bits per heavy atom. The molecule has 1 fully saturated rings. The summed E-state index contributed by atoms with van der Waals surface area (Å²) in [6, 6.07) is 12.5. The number of fused-ring (bicyclic) bond motifs is 1. The van der Waals surface area contributed by atoms with E-state index in [9.17, 15) is 0 Å². The average molecular weight is 410 g/mol. The molecule has 1 aliphatic carbocycles. The van der Waals surface area contributed by atoms with E-state index in [0.717, 1.165) is 56.1 Å². The summed E-state index contributed by atoms with van der Waals surface area (Å²) in [5.74, 6) is 2.56. The zero-order valence-corrected chi connectivity index (χ0v) is 17.0. The lowest BCUT2D eigenvalue weighted by molar-refractivity contribution is 0.414. The van der Waals surface area contributed by atoms with Crippen LogP contribution in [0.3, 0.4) is 0 Å². The lowest BCUT2D eigenvalue weighted by Gasteiger charge is -2.08. The van der Waals surface area contributed by atoms with E-state index in [0.29, 0.717) is 6.04 Å². The number of nitrogens with two attached hydrogens (primary N) is 1.